The first-order chi connectivity index (χ1) is 10.1. The number of nitrogens with zero attached hydrogens (tertiary/aromatic N) is 1. The van der Waals surface area contributed by atoms with Gasteiger partial charge in [0.2, 0.25) is 0 Å². The topological polar surface area (TPSA) is 58.4 Å². The van der Waals surface area contributed by atoms with Crippen LogP contribution in [0.4, 0.5) is 0 Å². The SMILES string of the molecule is Cc1cc(C(=O)[I-]N=Cc2c[nH]c3ccccc23)c(C)o1. The predicted molar refractivity (Wildman–Crippen MR) is 78.4 cm³/mol. The van der Waals surface area contributed by atoms with Crippen LogP contribution in [0.3, 0.4) is 0 Å². The summed E-state index contributed by atoms with van der Waals surface area (Å²) in [6.45, 7) is 3.66. The summed E-state index contributed by atoms with van der Waals surface area (Å²) in [4.78, 5) is 15.3. The van der Waals surface area contributed by atoms with Crippen LogP contribution in [-0.4, -0.2) is 15.0 Å². The van der Waals surface area contributed by atoms with Crippen molar-refractivity contribution >= 4 is 20.9 Å². The molecule has 0 aliphatic rings. The van der Waals surface area contributed by atoms with Gasteiger partial charge in [-0.25, -0.2) is 0 Å². The summed E-state index contributed by atoms with van der Waals surface area (Å²) in [5.41, 5.74) is 2.75. The van der Waals surface area contributed by atoms with Gasteiger partial charge in [-0.2, -0.15) is 0 Å². The predicted octanol–water partition coefficient (Wildman–Crippen LogP) is 0.641. The fraction of sp³-hybridized carbons (Fsp3) is 0.125. The van der Waals surface area contributed by atoms with Gasteiger partial charge in [0.05, 0.1) is 0 Å². The number of nitrogens with one attached hydrogen (secondary N) is 1. The number of fused-ring (bicyclic) bond motifs is 1. The number of carbonyl (C=O) groups excluding carboxylic acids is 1. The first kappa shape index (κ1) is 14.1. The molecule has 2 heterocycles. The van der Waals surface area contributed by atoms with E-state index in [1.807, 2.05) is 44.3 Å². The van der Waals surface area contributed by atoms with E-state index in [1.54, 1.807) is 12.3 Å². The Morgan fingerprint density at radius 2 is 2.14 bits per heavy atom. The maximum atomic E-state index is 12.1. The molecular formula is C16H14IN2O2-. The zero-order chi connectivity index (χ0) is 14.8. The van der Waals surface area contributed by atoms with Crippen LogP contribution >= 0.6 is 0 Å². The van der Waals surface area contributed by atoms with Gasteiger partial charge in [0.1, 0.15) is 0 Å². The molecule has 1 aromatic carbocycles. The quantitative estimate of drug-likeness (QED) is 0.402. The standard InChI is InChI=1S/C16H14IN2O2/c1-10-7-14(11(2)21-10)16(20)17-19-9-12-8-18-15-6-4-3-5-13(12)15/h3-9,18H,1-2H3/q-1. The van der Waals surface area contributed by atoms with E-state index in [0.717, 1.165) is 22.2 Å². The van der Waals surface area contributed by atoms with E-state index < -0.39 is 21.5 Å². The van der Waals surface area contributed by atoms with Gasteiger partial charge >= 0.3 is 133 Å². The average molecular weight is 393 g/mol. The number of benzene rings is 1. The summed E-state index contributed by atoms with van der Waals surface area (Å²) >= 11 is -0.927. The first-order valence-electron chi connectivity index (χ1n) is 6.50. The number of aromatic nitrogens is 1. The average Bonchev–Trinajstić information content (AvgIpc) is 3.02. The van der Waals surface area contributed by atoms with Crippen LogP contribution in [0.2, 0.25) is 0 Å². The minimum absolute atomic E-state index is 0.0826. The summed E-state index contributed by atoms with van der Waals surface area (Å²) in [6.07, 6.45) is 3.70. The summed E-state index contributed by atoms with van der Waals surface area (Å²) in [5.74, 6) is 1.44. The minimum atomic E-state index is -0.927. The van der Waals surface area contributed by atoms with Gasteiger partial charge in [0.25, 0.3) is 0 Å². The molecule has 2 aromatic heterocycles. The molecule has 0 spiro atoms. The van der Waals surface area contributed by atoms with Gasteiger partial charge in [0, 0.05) is 0 Å². The van der Waals surface area contributed by atoms with Gasteiger partial charge < -0.3 is 0 Å². The van der Waals surface area contributed by atoms with Crippen molar-refractivity contribution < 1.29 is 30.7 Å². The van der Waals surface area contributed by atoms with Crippen LogP contribution in [0.15, 0.2) is 44.2 Å². The van der Waals surface area contributed by atoms with E-state index in [0.29, 0.717) is 11.3 Å². The molecule has 0 saturated heterocycles. The molecule has 0 atom stereocenters. The van der Waals surface area contributed by atoms with Crippen LogP contribution in [0, 0.1) is 13.8 Å². The van der Waals surface area contributed by atoms with Crippen LogP contribution in [0.25, 0.3) is 10.9 Å². The van der Waals surface area contributed by atoms with E-state index in [9.17, 15) is 4.79 Å². The summed E-state index contributed by atoms with van der Waals surface area (Å²) in [6, 6.07) is 9.82. The van der Waals surface area contributed by atoms with Crippen LogP contribution < -0.4 is 21.5 Å². The van der Waals surface area contributed by atoms with E-state index >= 15 is 0 Å². The van der Waals surface area contributed by atoms with E-state index in [1.165, 1.54) is 0 Å². The van der Waals surface area contributed by atoms with Crippen LogP contribution in [0.1, 0.15) is 27.4 Å². The molecule has 5 heteroatoms. The number of halogens is 1. The molecule has 0 fully saturated rings. The van der Waals surface area contributed by atoms with Crippen molar-refractivity contribution in [2.24, 2.45) is 3.21 Å². The molecule has 3 rings (SSSR count). The molecule has 1 N–H and O–H groups in total. The molecule has 4 nitrogen and oxygen atoms in total. The Labute approximate surface area is 132 Å². The van der Waals surface area contributed by atoms with Crippen molar-refractivity contribution in [1.82, 2.24) is 4.98 Å². The number of hydrogen-bond acceptors (Lipinski definition) is 3. The zero-order valence-corrected chi connectivity index (χ0v) is 13.8. The number of hydrogen-bond donors (Lipinski definition) is 1. The molecule has 0 aliphatic heterocycles. The van der Waals surface area contributed by atoms with Gasteiger partial charge in [0.15, 0.2) is 0 Å². The van der Waals surface area contributed by atoms with Crippen molar-refractivity contribution in [3.63, 3.8) is 0 Å². The summed E-state index contributed by atoms with van der Waals surface area (Å²) in [7, 11) is 0. The van der Waals surface area contributed by atoms with Crippen LogP contribution in [-0.2, 0) is 0 Å². The number of carbonyl (C=O) groups is 1. The maximum absolute atomic E-state index is 12.1. The molecule has 0 unspecified atom stereocenters. The van der Waals surface area contributed by atoms with Crippen molar-refractivity contribution in [3.05, 3.63) is 59.2 Å². The van der Waals surface area contributed by atoms with Crippen molar-refractivity contribution in [3.8, 4) is 0 Å². The van der Waals surface area contributed by atoms with Gasteiger partial charge in [-0.1, -0.05) is 0 Å². The monoisotopic (exact) mass is 393 g/mol. The molecule has 0 saturated carbocycles. The second kappa shape index (κ2) is 5.85. The normalized spacial score (nSPS) is 11.7. The number of H-pyrrole nitrogens is 1. The summed E-state index contributed by atoms with van der Waals surface area (Å²) < 4.78 is 9.83. The Morgan fingerprint density at radius 1 is 1.33 bits per heavy atom. The number of para-hydroxylation sites is 1. The number of aryl methyl sites for hydroxylation is 2. The second-order valence-corrected chi connectivity index (χ2v) is 6.72. The van der Waals surface area contributed by atoms with Gasteiger partial charge in [-0.15, -0.1) is 0 Å². The molecule has 0 aliphatic carbocycles. The molecule has 3 aromatic rings. The first-order valence-corrected chi connectivity index (χ1v) is 8.54. The number of aromatic amines is 1. The van der Waals surface area contributed by atoms with E-state index in [4.69, 9.17) is 4.42 Å². The Bertz CT molecular complexity index is 830. The number of rotatable bonds is 4. The molecule has 108 valence electrons. The Kier molecular flexibility index (Phi) is 3.92. The third-order valence-electron chi connectivity index (χ3n) is 3.19. The Balaban J connectivity index is 1.75. The summed E-state index contributed by atoms with van der Waals surface area (Å²) in [5, 5.41) is 1.12. The van der Waals surface area contributed by atoms with E-state index in [2.05, 4.69) is 8.19 Å². The molecular weight excluding hydrogens is 379 g/mol. The second-order valence-electron chi connectivity index (χ2n) is 4.70. The van der Waals surface area contributed by atoms with Gasteiger partial charge in [-0.05, 0) is 0 Å². The van der Waals surface area contributed by atoms with Gasteiger partial charge in [-0.3, -0.25) is 0 Å². The van der Waals surface area contributed by atoms with Crippen molar-refractivity contribution in [1.29, 1.82) is 0 Å². The Morgan fingerprint density at radius 3 is 2.90 bits per heavy atom. The molecule has 0 amide bonds. The van der Waals surface area contributed by atoms with Crippen molar-refractivity contribution in [2.75, 3.05) is 0 Å². The Hall–Kier alpha value is -1.89. The fourth-order valence-corrected chi connectivity index (χ4v) is 3.68. The fourth-order valence-electron chi connectivity index (χ4n) is 2.19. The zero-order valence-electron chi connectivity index (χ0n) is 11.7. The van der Waals surface area contributed by atoms with Crippen LogP contribution in [0.5, 0.6) is 0 Å². The van der Waals surface area contributed by atoms with E-state index in [-0.39, 0.29) is 3.79 Å². The third-order valence-corrected chi connectivity index (χ3v) is 4.76. The molecule has 21 heavy (non-hydrogen) atoms. The number of furan rings is 1. The molecule has 0 bridgehead atoms. The van der Waals surface area contributed by atoms with Crippen molar-refractivity contribution in [2.45, 2.75) is 13.8 Å². The third kappa shape index (κ3) is 2.92. The molecule has 0 radical (unpaired) electrons.